The number of nitrogens with zero attached hydrogens (tertiary/aromatic N) is 2. The van der Waals surface area contributed by atoms with E-state index in [4.69, 9.17) is 32.7 Å². The van der Waals surface area contributed by atoms with E-state index >= 15 is 0 Å². The molecule has 7 nitrogen and oxygen atoms in total. The summed E-state index contributed by atoms with van der Waals surface area (Å²) in [6, 6.07) is 11.2. The molecule has 28 heavy (non-hydrogen) atoms. The minimum Gasteiger partial charge on any atom is -0.494 e. The second-order valence-electron chi connectivity index (χ2n) is 5.50. The van der Waals surface area contributed by atoms with E-state index in [1.165, 1.54) is 6.07 Å². The van der Waals surface area contributed by atoms with E-state index in [0.29, 0.717) is 35.1 Å². The Bertz CT molecular complexity index is 1030. The molecule has 0 aliphatic rings. The molecule has 0 saturated heterocycles. The molecule has 0 radical (unpaired) electrons. The highest BCUT2D eigenvalue weighted by Gasteiger charge is 2.26. The van der Waals surface area contributed by atoms with Gasteiger partial charge in [-0.2, -0.15) is 9.78 Å². The fraction of sp³-hybridized carbons (Fsp3) is 0.105. The molecule has 1 aromatic heterocycles. The van der Waals surface area contributed by atoms with Crippen LogP contribution in [0.25, 0.3) is 5.69 Å². The van der Waals surface area contributed by atoms with Crippen LogP contribution in [-0.2, 0) is 0 Å². The van der Waals surface area contributed by atoms with Crippen LogP contribution in [0.1, 0.15) is 27.8 Å². The summed E-state index contributed by atoms with van der Waals surface area (Å²) in [7, 11) is 0. The Balaban J connectivity index is 2.12. The van der Waals surface area contributed by atoms with Crippen molar-refractivity contribution in [2.75, 3.05) is 6.61 Å². The second-order valence-corrected chi connectivity index (χ2v) is 6.35. The minimum atomic E-state index is -1.37. The smallest absolute Gasteiger partial charge is 0.357 e. The lowest BCUT2D eigenvalue weighted by molar-refractivity contribution is 0.0687. The van der Waals surface area contributed by atoms with Gasteiger partial charge in [-0.3, -0.25) is 4.79 Å². The third-order valence-electron chi connectivity index (χ3n) is 3.69. The Labute approximate surface area is 170 Å². The topological polar surface area (TPSA) is 90.7 Å². The molecule has 0 saturated carbocycles. The van der Waals surface area contributed by atoms with Gasteiger partial charge in [-0.15, -0.1) is 0 Å². The number of ether oxygens (including phenoxy) is 2. The molecule has 0 atom stereocenters. The zero-order valence-corrected chi connectivity index (χ0v) is 16.1. The quantitative estimate of drug-likeness (QED) is 0.547. The van der Waals surface area contributed by atoms with Crippen molar-refractivity contribution >= 4 is 35.5 Å². The van der Waals surface area contributed by atoms with Gasteiger partial charge in [-0.25, -0.2) is 4.79 Å². The van der Waals surface area contributed by atoms with Crippen LogP contribution in [0, 0.1) is 0 Å². The average molecular weight is 421 g/mol. The lowest BCUT2D eigenvalue weighted by Gasteiger charge is -2.11. The summed E-state index contributed by atoms with van der Waals surface area (Å²) in [6.45, 7) is 2.38. The van der Waals surface area contributed by atoms with E-state index in [9.17, 15) is 14.7 Å². The number of carbonyl (C=O) groups excluding carboxylic acids is 1. The van der Waals surface area contributed by atoms with E-state index in [-0.39, 0.29) is 16.5 Å². The first kappa shape index (κ1) is 19.7. The number of halogens is 2. The Morgan fingerprint density at radius 1 is 1.18 bits per heavy atom. The van der Waals surface area contributed by atoms with Crippen molar-refractivity contribution in [3.05, 3.63) is 63.8 Å². The van der Waals surface area contributed by atoms with E-state index in [0.717, 1.165) is 4.68 Å². The van der Waals surface area contributed by atoms with Gasteiger partial charge in [-0.1, -0.05) is 23.2 Å². The largest absolute Gasteiger partial charge is 0.494 e. The fourth-order valence-corrected chi connectivity index (χ4v) is 2.96. The van der Waals surface area contributed by atoms with Gasteiger partial charge in [0.05, 0.1) is 17.3 Å². The molecule has 1 N–H and O–H groups in total. The summed E-state index contributed by atoms with van der Waals surface area (Å²) in [5.74, 6) is -0.455. The van der Waals surface area contributed by atoms with Crippen molar-refractivity contribution in [1.29, 1.82) is 0 Å². The van der Waals surface area contributed by atoms with Crippen LogP contribution < -0.4 is 9.47 Å². The summed E-state index contributed by atoms with van der Waals surface area (Å²) in [4.78, 5) is 23.1. The molecule has 0 aliphatic heterocycles. The van der Waals surface area contributed by atoms with Crippen LogP contribution in [0.4, 0.5) is 0 Å². The van der Waals surface area contributed by atoms with Gasteiger partial charge in [0.2, 0.25) is 5.88 Å². The maximum Gasteiger partial charge on any atom is 0.357 e. The number of rotatable bonds is 7. The van der Waals surface area contributed by atoms with Crippen molar-refractivity contribution < 1.29 is 24.2 Å². The zero-order valence-electron chi connectivity index (χ0n) is 14.6. The normalized spacial score (nSPS) is 10.5. The maximum atomic E-state index is 11.6. The predicted molar refractivity (Wildman–Crippen MR) is 104 cm³/mol. The molecule has 0 amide bonds. The Morgan fingerprint density at radius 2 is 1.86 bits per heavy atom. The van der Waals surface area contributed by atoms with Crippen molar-refractivity contribution in [2.24, 2.45) is 0 Å². The lowest BCUT2D eigenvalue weighted by Crippen LogP contribution is -2.03. The SMILES string of the molecule is CCOc1ccc(Oc2c(C=O)c(C(=O)O)nn2-c2ccc(Cl)cc2Cl)cc1. The average Bonchev–Trinajstić information content (AvgIpc) is 3.02. The number of carbonyl (C=O) groups is 2. The van der Waals surface area contributed by atoms with Crippen LogP contribution in [0.5, 0.6) is 17.4 Å². The van der Waals surface area contributed by atoms with Gasteiger partial charge in [0.1, 0.15) is 17.1 Å². The first-order chi connectivity index (χ1) is 13.4. The van der Waals surface area contributed by atoms with Gasteiger partial charge < -0.3 is 14.6 Å². The first-order valence-electron chi connectivity index (χ1n) is 8.12. The molecule has 0 spiro atoms. The van der Waals surface area contributed by atoms with Gasteiger partial charge in [0, 0.05) is 5.02 Å². The Morgan fingerprint density at radius 3 is 2.43 bits per heavy atom. The first-order valence-corrected chi connectivity index (χ1v) is 8.87. The molecule has 0 unspecified atom stereocenters. The summed E-state index contributed by atoms with van der Waals surface area (Å²) >= 11 is 12.1. The number of carboxylic acids is 1. The number of benzene rings is 2. The molecule has 9 heteroatoms. The molecule has 0 aliphatic carbocycles. The number of carboxylic acid groups (broad SMARTS) is 1. The summed E-state index contributed by atoms with van der Waals surface area (Å²) < 4.78 is 12.3. The van der Waals surface area contributed by atoms with Crippen LogP contribution in [0.15, 0.2) is 42.5 Å². The van der Waals surface area contributed by atoms with E-state index in [1.807, 2.05) is 6.92 Å². The monoisotopic (exact) mass is 420 g/mol. The lowest BCUT2D eigenvalue weighted by atomic mass is 10.2. The minimum absolute atomic E-state index is 0.0826. The fourth-order valence-electron chi connectivity index (χ4n) is 2.48. The molecule has 2 aromatic carbocycles. The van der Waals surface area contributed by atoms with Crippen LogP contribution in [0.2, 0.25) is 10.0 Å². The standard InChI is InChI=1S/C19H14Cl2N2O5/c1-2-27-12-4-6-13(7-5-12)28-18-14(10-24)17(19(25)26)22-23(18)16-8-3-11(20)9-15(16)21/h3-10H,2H2,1H3,(H,25,26). The van der Waals surface area contributed by atoms with Crippen LogP contribution >= 0.6 is 23.2 Å². The van der Waals surface area contributed by atoms with Crippen molar-refractivity contribution in [3.8, 4) is 23.1 Å². The molecular weight excluding hydrogens is 407 g/mol. The number of hydrogen-bond donors (Lipinski definition) is 1. The molecular formula is C19H14Cl2N2O5. The Hall–Kier alpha value is -3.03. The predicted octanol–water partition coefficient (Wildman–Crippen LogP) is 4.88. The molecule has 3 rings (SSSR count). The highest BCUT2D eigenvalue weighted by atomic mass is 35.5. The van der Waals surface area contributed by atoms with Gasteiger partial charge in [0.15, 0.2) is 12.0 Å². The van der Waals surface area contributed by atoms with Gasteiger partial charge >= 0.3 is 5.97 Å². The van der Waals surface area contributed by atoms with E-state index in [2.05, 4.69) is 5.10 Å². The number of aldehydes is 1. The van der Waals surface area contributed by atoms with Crippen LogP contribution in [0.3, 0.4) is 0 Å². The third-order valence-corrected chi connectivity index (χ3v) is 4.22. The molecule has 144 valence electrons. The van der Waals surface area contributed by atoms with E-state index < -0.39 is 11.7 Å². The van der Waals surface area contributed by atoms with Crippen molar-refractivity contribution in [2.45, 2.75) is 6.92 Å². The maximum absolute atomic E-state index is 11.6. The molecule has 1 heterocycles. The highest BCUT2D eigenvalue weighted by Crippen LogP contribution is 2.33. The van der Waals surface area contributed by atoms with E-state index in [1.54, 1.807) is 36.4 Å². The number of aromatic carboxylic acids is 1. The number of hydrogen-bond acceptors (Lipinski definition) is 5. The summed E-state index contributed by atoms with van der Waals surface area (Å²) in [5.41, 5.74) is -0.364. The zero-order chi connectivity index (χ0) is 20.3. The van der Waals surface area contributed by atoms with Crippen molar-refractivity contribution in [3.63, 3.8) is 0 Å². The van der Waals surface area contributed by atoms with Crippen LogP contribution in [-0.4, -0.2) is 33.7 Å². The molecule has 0 fully saturated rings. The number of aromatic nitrogens is 2. The van der Waals surface area contributed by atoms with Gasteiger partial charge in [0.25, 0.3) is 0 Å². The van der Waals surface area contributed by atoms with Gasteiger partial charge in [-0.05, 0) is 49.4 Å². The summed E-state index contributed by atoms with van der Waals surface area (Å²) in [5, 5.41) is 14.0. The Kier molecular flexibility index (Phi) is 5.87. The highest BCUT2D eigenvalue weighted by molar-refractivity contribution is 6.35. The van der Waals surface area contributed by atoms with Crippen molar-refractivity contribution in [1.82, 2.24) is 9.78 Å². The third kappa shape index (κ3) is 3.95. The molecule has 3 aromatic rings. The summed E-state index contributed by atoms with van der Waals surface area (Å²) in [6.07, 6.45) is 0.376. The molecule has 0 bridgehead atoms. The second kappa shape index (κ2) is 8.33.